The first-order valence-corrected chi connectivity index (χ1v) is 7.89. The lowest BCUT2D eigenvalue weighted by Gasteiger charge is -2.46. The van der Waals surface area contributed by atoms with Gasteiger partial charge in [-0.3, -0.25) is 9.80 Å². The fourth-order valence-electron chi connectivity index (χ4n) is 3.72. The number of aromatic nitrogens is 2. The summed E-state index contributed by atoms with van der Waals surface area (Å²) in [4.78, 5) is 9.68. The zero-order chi connectivity index (χ0) is 14.3. The van der Waals surface area contributed by atoms with Crippen molar-refractivity contribution in [3.8, 4) is 0 Å². The summed E-state index contributed by atoms with van der Waals surface area (Å²) in [6.07, 6.45) is 1.73. The molecule has 4 saturated heterocycles. The molecule has 1 unspecified atom stereocenters. The molecule has 2 bridgehead atoms. The van der Waals surface area contributed by atoms with Crippen molar-refractivity contribution in [2.45, 2.75) is 24.3 Å². The molecule has 1 atom stereocenters. The molecule has 0 radical (unpaired) electrons. The van der Waals surface area contributed by atoms with E-state index in [1.807, 2.05) is 0 Å². The smallest absolute Gasteiger partial charge is 0.234 e. The van der Waals surface area contributed by atoms with Crippen LogP contribution in [0.5, 0.6) is 0 Å². The lowest BCUT2D eigenvalue weighted by molar-refractivity contribution is 0.00780. The van der Waals surface area contributed by atoms with Crippen molar-refractivity contribution < 1.29 is 9.26 Å². The van der Waals surface area contributed by atoms with Crippen molar-refractivity contribution in [3.05, 3.63) is 11.7 Å². The molecule has 1 aromatic rings. The van der Waals surface area contributed by atoms with Gasteiger partial charge in [-0.2, -0.15) is 4.98 Å². The Morgan fingerprint density at radius 2 is 1.95 bits per heavy atom. The maximum atomic E-state index is 6.02. The molecule has 4 aliphatic rings. The lowest BCUT2D eigenvalue weighted by Crippen LogP contribution is -2.57. The van der Waals surface area contributed by atoms with Gasteiger partial charge < -0.3 is 15.0 Å². The van der Waals surface area contributed by atoms with Crippen LogP contribution in [0, 0.1) is 0 Å². The molecule has 0 aromatic carbocycles. The topological polar surface area (TPSA) is 80.7 Å². The molecule has 4 fully saturated rings. The van der Waals surface area contributed by atoms with E-state index in [0.717, 1.165) is 64.6 Å². The molecule has 1 aromatic heterocycles. The predicted molar refractivity (Wildman–Crippen MR) is 75.8 cm³/mol. The van der Waals surface area contributed by atoms with Crippen LogP contribution in [0.2, 0.25) is 0 Å². The third-order valence-corrected chi connectivity index (χ3v) is 5.31. The molecular weight excluding hydrogens is 270 g/mol. The van der Waals surface area contributed by atoms with Crippen LogP contribution in [0.1, 0.15) is 30.6 Å². The van der Waals surface area contributed by atoms with E-state index in [0.29, 0.717) is 12.4 Å². The summed E-state index contributed by atoms with van der Waals surface area (Å²) in [6.45, 7) is 7.51. The molecule has 0 amide bonds. The van der Waals surface area contributed by atoms with Gasteiger partial charge in [0.1, 0.15) is 0 Å². The second kappa shape index (κ2) is 5.31. The Kier molecular flexibility index (Phi) is 3.45. The van der Waals surface area contributed by atoms with Crippen LogP contribution in [0.25, 0.3) is 0 Å². The standard InChI is InChI=1S/C14H23N5O2/c15-10-14(1-7-20-8-2-14)13-16-12(17-21-13)11-9-18-3-5-19(11)6-4-18/h11H,1-10,15H2. The van der Waals surface area contributed by atoms with Crippen molar-refractivity contribution in [3.63, 3.8) is 0 Å². The Morgan fingerprint density at radius 1 is 1.19 bits per heavy atom. The number of hydrogen-bond acceptors (Lipinski definition) is 7. The van der Waals surface area contributed by atoms with Gasteiger partial charge in [-0.25, -0.2) is 0 Å². The van der Waals surface area contributed by atoms with E-state index < -0.39 is 0 Å². The van der Waals surface area contributed by atoms with Gasteiger partial charge in [0.05, 0.1) is 11.5 Å². The third kappa shape index (κ3) is 2.28. The van der Waals surface area contributed by atoms with Crippen LogP contribution in [0.4, 0.5) is 0 Å². The summed E-state index contributed by atoms with van der Waals surface area (Å²) in [6, 6.07) is 0.277. The van der Waals surface area contributed by atoms with Gasteiger partial charge in [0, 0.05) is 52.5 Å². The van der Waals surface area contributed by atoms with Crippen LogP contribution in [-0.2, 0) is 10.2 Å². The fourth-order valence-corrected chi connectivity index (χ4v) is 3.72. The number of rotatable bonds is 3. The van der Waals surface area contributed by atoms with Gasteiger partial charge in [0.2, 0.25) is 5.89 Å². The molecule has 0 saturated carbocycles. The van der Waals surface area contributed by atoms with Crippen molar-refractivity contribution in [1.82, 2.24) is 19.9 Å². The van der Waals surface area contributed by atoms with Gasteiger partial charge in [-0.1, -0.05) is 5.16 Å². The van der Waals surface area contributed by atoms with Gasteiger partial charge in [0.15, 0.2) is 5.82 Å². The fraction of sp³-hybridized carbons (Fsp3) is 0.857. The maximum Gasteiger partial charge on any atom is 0.234 e. The predicted octanol–water partition coefficient (Wildman–Crippen LogP) is -0.251. The Labute approximate surface area is 124 Å². The second-order valence-corrected chi connectivity index (χ2v) is 6.41. The molecule has 7 heteroatoms. The molecule has 116 valence electrons. The lowest BCUT2D eigenvalue weighted by atomic mass is 9.80. The van der Waals surface area contributed by atoms with E-state index in [1.54, 1.807) is 0 Å². The summed E-state index contributed by atoms with van der Waals surface area (Å²) >= 11 is 0. The van der Waals surface area contributed by atoms with E-state index in [2.05, 4.69) is 15.0 Å². The average Bonchev–Trinajstić information content (AvgIpc) is 3.07. The summed E-state index contributed by atoms with van der Waals surface area (Å²) < 4.78 is 11.1. The Morgan fingerprint density at radius 3 is 2.57 bits per heavy atom. The number of piperazine rings is 3. The maximum absolute atomic E-state index is 6.02. The highest BCUT2D eigenvalue weighted by atomic mass is 16.5. The van der Waals surface area contributed by atoms with Gasteiger partial charge >= 0.3 is 0 Å². The molecule has 7 nitrogen and oxygen atoms in total. The van der Waals surface area contributed by atoms with Crippen molar-refractivity contribution in [2.75, 3.05) is 52.5 Å². The van der Waals surface area contributed by atoms with E-state index in [4.69, 9.17) is 20.0 Å². The SMILES string of the molecule is NCC1(c2nc(C3CN4CCN3CC4)no2)CCOCC1. The summed E-state index contributed by atoms with van der Waals surface area (Å²) in [5, 5.41) is 4.28. The summed E-state index contributed by atoms with van der Waals surface area (Å²) in [5.74, 6) is 1.54. The third-order valence-electron chi connectivity index (χ3n) is 5.31. The summed E-state index contributed by atoms with van der Waals surface area (Å²) in [5.41, 5.74) is 5.83. The highest BCUT2D eigenvalue weighted by molar-refractivity contribution is 5.10. The van der Waals surface area contributed by atoms with Crippen LogP contribution in [-0.4, -0.2) is 72.4 Å². The zero-order valence-electron chi connectivity index (χ0n) is 12.3. The average molecular weight is 293 g/mol. The monoisotopic (exact) mass is 293 g/mol. The van der Waals surface area contributed by atoms with E-state index >= 15 is 0 Å². The molecule has 5 rings (SSSR count). The van der Waals surface area contributed by atoms with Crippen LogP contribution >= 0.6 is 0 Å². The number of fused-ring (bicyclic) bond motifs is 3. The molecule has 4 aliphatic heterocycles. The largest absolute Gasteiger partial charge is 0.381 e. The number of nitrogens with zero attached hydrogens (tertiary/aromatic N) is 4. The molecule has 0 spiro atoms. The minimum Gasteiger partial charge on any atom is -0.381 e. The molecule has 2 N–H and O–H groups in total. The first-order valence-electron chi connectivity index (χ1n) is 7.89. The first kappa shape index (κ1) is 13.6. The molecule has 5 heterocycles. The minimum atomic E-state index is -0.188. The molecular formula is C14H23N5O2. The quantitative estimate of drug-likeness (QED) is 0.823. The van der Waals surface area contributed by atoms with Crippen molar-refractivity contribution >= 4 is 0 Å². The molecule has 21 heavy (non-hydrogen) atoms. The number of nitrogens with two attached hydrogens (primary N) is 1. The van der Waals surface area contributed by atoms with Crippen LogP contribution < -0.4 is 5.73 Å². The number of ether oxygens (including phenoxy) is 1. The second-order valence-electron chi connectivity index (χ2n) is 6.41. The zero-order valence-corrected chi connectivity index (χ0v) is 12.3. The van der Waals surface area contributed by atoms with Crippen LogP contribution in [0.15, 0.2) is 4.52 Å². The van der Waals surface area contributed by atoms with Gasteiger partial charge in [0.25, 0.3) is 0 Å². The Hall–Kier alpha value is -1.02. The minimum absolute atomic E-state index is 0.188. The summed E-state index contributed by atoms with van der Waals surface area (Å²) in [7, 11) is 0. The van der Waals surface area contributed by atoms with Gasteiger partial charge in [-0.05, 0) is 12.8 Å². The van der Waals surface area contributed by atoms with Crippen molar-refractivity contribution in [2.24, 2.45) is 5.73 Å². The highest BCUT2D eigenvalue weighted by Crippen LogP contribution is 2.34. The van der Waals surface area contributed by atoms with E-state index in [9.17, 15) is 0 Å². The number of hydrogen-bond donors (Lipinski definition) is 1. The normalized spacial score (nSPS) is 35.0. The van der Waals surface area contributed by atoms with Crippen molar-refractivity contribution in [1.29, 1.82) is 0 Å². The van der Waals surface area contributed by atoms with Crippen LogP contribution in [0.3, 0.4) is 0 Å². The Bertz CT molecular complexity index is 491. The van der Waals surface area contributed by atoms with E-state index in [-0.39, 0.29) is 11.5 Å². The highest BCUT2D eigenvalue weighted by Gasteiger charge is 2.41. The first-order chi connectivity index (χ1) is 10.3. The van der Waals surface area contributed by atoms with Gasteiger partial charge in [-0.15, -0.1) is 0 Å². The Balaban J connectivity index is 1.57. The van der Waals surface area contributed by atoms with E-state index in [1.165, 1.54) is 0 Å². The molecule has 0 aliphatic carbocycles.